The predicted molar refractivity (Wildman–Crippen MR) is 86.6 cm³/mol. The van der Waals surface area contributed by atoms with Crippen LogP contribution in [0.2, 0.25) is 5.02 Å². The largest absolute Gasteiger partial charge is 0.488 e. The van der Waals surface area contributed by atoms with E-state index in [9.17, 15) is 0 Å². The lowest BCUT2D eigenvalue weighted by molar-refractivity contribution is 0.305. The van der Waals surface area contributed by atoms with E-state index < -0.39 is 0 Å². The van der Waals surface area contributed by atoms with Gasteiger partial charge in [0.05, 0.1) is 0 Å². The molecule has 0 radical (unpaired) electrons. The molecule has 0 atom stereocenters. The minimum Gasteiger partial charge on any atom is -0.488 e. The van der Waals surface area contributed by atoms with Gasteiger partial charge in [0.1, 0.15) is 12.4 Å². The quantitative estimate of drug-likeness (QED) is 0.798. The van der Waals surface area contributed by atoms with E-state index in [1.54, 1.807) is 11.3 Å². The third-order valence-corrected chi connectivity index (χ3v) is 3.93. The number of nitrogens with one attached hydrogen (secondary N) is 1. The molecular formula is C16H20ClNOS. The van der Waals surface area contributed by atoms with Gasteiger partial charge in [-0.1, -0.05) is 31.5 Å². The monoisotopic (exact) mass is 309 g/mol. The van der Waals surface area contributed by atoms with Gasteiger partial charge >= 0.3 is 0 Å². The van der Waals surface area contributed by atoms with Crippen LogP contribution >= 0.6 is 22.9 Å². The zero-order valence-electron chi connectivity index (χ0n) is 11.9. The molecule has 4 heteroatoms. The third-order valence-electron chi connectivity index (χ3n) is 2.84. The molecule has 0 bridgehead atoms. The summed E-state index contributed by atoms with van der Waals surface area (Å²) in [6, 6.07) is 9.91. The maximum Gasteiger partial charge on any atom is 0.124 e. The summed E-state index contributed by atoms with van der Waals surface area (Å²) in [7, 11) is 0. The van der Waals surface area contributed by atoms with E-state index in [2.05, 4.69) is 30.6 Å². The van der Waals surface area contributed by atoms with E-state index in [1.807, 2.05) is 24.3 Å². The van der Waals surface area contributed by atoms with Gasteiger partial charge in [-0.25, -0.2) is 0 Å². The highest BCUT2D eigenvalue weighted by molar-refractivity contribution is 7.09. The maximum absolute atomic E-state index is 6.08. The number of halogens is 1. The molecule has 0 spiro atoms. The van der Waals surface area contributed by atoms with Gasteiger partial charge in [0, 0.05) is 22.0 Å². The minimum absolute atomic E-state index is 0.608. The second kappa shape index (κ2) is 7.67. The Bertz CT molecular complexity index is 525. The lowest BCUT2D eigenvalue weighted by atomic mass is 10.2. The van der Waals surface area contributed by atoms with E-state index in [0.717, 1.165) is 29.4 Å². The fraction of sp³-hybridized carbons (Fsp3) is 0.375. The van der Waals surface area contributed by atoms with Crippen molar-refractivity contribution in [3.8, 4) is 5.75 Å². The van der Waals surface area contributed by atoms with Gasteiger partial charge in [0.25, 0.3) is 0 Å². The first kappa shape index (κ1) is 15.4. The third kappa shape index (κ3) is 4.82. The van der Waals surface area contributed by atoms with E-state index in [-0.39, 0.29) is 0 Å². The van der Waals surface area contributed by atoms with E-state index in [1.165, 1.54) is 4.88 Å². The summed E-state index contributed by atoms with van der Waals surface area (Å²) in [5.74, 6) is 1.53. The van der Waals surface area contributed by atoms with Crippen LogP contribution in [-0.2, 0) is 13.2 Å². The van der Waals surface area contributed by atoms with Gasteiger partial charge in [-0.3, -0.25) is 0 Å². The number of hydrogen-bond acceptors (Lipinski definition) is 3. The standard InChI is InChI=1S/C16H20ClNOS/c1-12(2)9-18-10-13-8-14(17)5-6-16(13)19-11-15-4-3-7-20-15/h3-8,12,18H,9-11H2,1-2H3. The van der Waals surface area contributed by atoms with Crippen LogP contribution in [0, 0.1) is 5.92 Å². The van der Waals surface area contributed by atoms with Gasteiger partial charge in [0.2, 0.25) is 0 Å². The molecule has 20 heavy (non-hydrogen) atoms. The Hall–Kier alpha value is -1.03. The highest BCUT2D eigenvalue weighted by Gasteiger charge is 2.06. The molecule has 0 fully saturated rings. The Morgan fingerprint density at radius 2 is 2.15 bits per heavy atom. The molecule has 0 aliphatic carbocycles. The molecule has 2 aromatic rings. The molecule has 1 heterocycles. The molecule has 0 unspecified atom stereocenters. The van der Waals surface area contributed by atoms with E-state index in [4.69, 9.17) is 16.3 Å². The lowest BCUT2D eigenvalue weighted by Gasteiger charge is -2.13. The second-order valence-electron chi connectivity index (χ2n) is 5.14. The smallest absolute Gasteiger partial charge is 0.124 e. The highest BCUT2D eigenvalue weighted by atomic mass is 35.5. The summed E-state index contributed by atoms with van der Waals surface area (Å²) in [5.41, 5.74) is 1.11. The number of ether oxygens (including phenoxy) is 1. The summed E-state index contributed by atoms with van der Waals surface area (Å²) in [6.07, 6.45) is 0. The molecule has 0 aliphatic rings. The Morgan fingerprint density at radius 3 is 2.85 bits per heavy atom. The molecule has 0 amide bonds. The average molecular weight is 310 g/mol. The van der Waals surface area contributed by atoms with Crippen molar-refractivity contribution in [2.75, 3.05) is 6.54 Å². The summed E-state index contributed by atoms with van der Waals surface area (Å²) < 4.78 is 5.91. The second-order valence-corrected chi connectivity index (χ2v) is 6.61. The van der Waals surface area contributed by atoms with Gasteiger partial charge < -0.3 is 10.1 Å². The Morgan fingerprint density at radius 1 is 1.30 bits per heavy atom. The summed E-state index contributed by atoms with van der Waals surface area (Å²) in [5, 5.41) is 6.23. The van der Waals surface area contributed by atoms with Crippen LogP contribution in [0.15, 0.2) is 35.7 Å². The molecule has 0 saturated heterocycles. The van der Waals surface area contributed by atoms with Gasteiger partial charge in [-0.2, -0.15) is 0 Å². The van der Waals surface area contributed by atoms with Crippen LogP contribution in [0.4, 0.5) is 0 Å². The molecule has 0 aliphatic heterocycles. The maximum atomic E-state index is 6.08. The van der Waals surface area contributed by atoms with Crippen LogP contribution in [-0.4, -0.2) is 6.54 Å². The first-order valence-electron chi connectivity index (χ1n) is 6.79. The Labute approximate surface area is 129 Å². The lowest BCUT2D eigenvalue weighted by Crippen LogP contribution is -2.19. The Balaban J connectivity index is 1.99. The van der Waals surface area contributed by atoms with Gasteiger partial charge in [-0.15, -0.1) is 11.3 Å². The fourth-order valence-electron chi connectivity index (χ4n) is 1.87. The zero-order chi connectivity index (χ0) is 14.4. The predicted octanol–water partition coefficient (Wildman–Crippen LogP) is 4.73. The van der Waals surface area contributed by atoms with Crippen molar-refractivity contribution in [2.24, 2.45) is 5.92 Å². The summed E-state index contributed by atoms with van der Waals surface area (Å²) in [4.78, 5) is 1.22. The topological polar surface area (TPSA) is 21.3 Å². The van der Waals surface area contributed by atoms with Crippen molar-refractivity contribution >= 4 is 22.9 Å². The van der Waals surface area contributed by atoms with Crippen LogP contribution < -0.4 is 10.1 Å². The van der Waals surface area contributed by atoms with Crippen molar-refractivity contribution in [3.63, 3.8) is 0 Å². The molecule has 0 saturated carbocycles. The van der Waals surface area contributed by atoms with Crippen LogP contribution in [0.3, 0.4) is 0 Å². The summed E-state index contributed by atoms with van der Waals surface area (Å²) >= 11 is 7.78. The molecule has 1 N–H and O–H groups in total. The molecule has 2 rings (SSSR count). The van der Waals surface area contributed by atoms with Crippen LogP contribution in [0.5, 0.6) is 5.75 Å². The SMILES string of the molecule is CC(C)CNCc1cc(Cl)ccc1OCc1cccs1. The first-order chi connectivity index (χ1) is 9.65. The number of hydrogen-bond donors (Lipinski definition) is 1. The molecular weight excluding hydrogens is 290 g/mol. The van der Waals surface area contributed by atoms with Crippen molar-refractivity contribution in [1.82, 2.24) is 5.32 Å². The fourth-order valence-corrected chi connectivity index (χ4v) is 2.68. The van der Waals surface area contributed by atoms with Crippen molar-refractivity contribution in [1.29, 1.82) is 0 Å². The minimum atomic E-state index is 0.608. The van der Waals surface area contributed by atoms with E-state index >= 15 is 0 Å². The number of rotatable bonds is 7. The van der Waals surface area contributed by atoms with Crippen molar-refractivity contribution in [3.05, 3.63) is 51.2 Å². The first-order valence-corrected chi connectivity index (χ1v) is 8.05. The van der Waals surface area contributed by atoms with Gasteiger partial charge in [-0.05, 0) is 42.1 Å². The zero-order valence-corrected chi connectivity index (χ0v) is 13.4. The summed E-state index contributed by atoms with van der Waals surface area (Å²) in [6.45, 7) is 6.75. The highest BCUT2D eigenvalue weighted by Crippen LogP contribution is 2.24. The number of benzene rings is 1. The van der Waals surface area contributed by atoms with Crippen molar-refractivity contribution < 1.29 is 4.74 Å². The molecule has 108 valence electrons. The average Bonchev–Trinajstić information content (AvgIpc) is 2.90. The molecule has 1 aromatic carbocycles. The molecule has 1 aromatic heterocycles. The number of thiophene rings is 1. The normalized spacial score (nSPS) is 11.0. The van der Waals surface area contributed by atoms with Crippen molar-refractivity contribution in [2.45, 2.75) is 27.0 Å². The van der Waals surface area contributed by atoms with Crippen LogP contribution in [0.25, 0.3) is 0 Å². The van der Waals surface area contributed by atoms with Crippen LogP contribution in [0.1, 0.15) is 24.3 Å². The van der Waals surface area contributed by atoms with Gasteiger partial charge in [0.15, 0.2) is 0 Å². The van der Waals surface area contributed by atoms with E-state index in [0.29, 0.717) is 12.5 Å². The Kier molecular flexibility index (Phi) is 5.89. The molecule has 2 nitrogen and oxygen atoms in total.